The number of rotatable bonds is 3. The second-order valence-corrected chi connectivity index (χ2v) is 6.62. The smallest absolute Gasteiger partial charge is 0.221 e. The van der Waals surface area contributed by atoms with Crippen molar-refractivity contribution in [1.82, 2.24) is 4.98 Å². The minimum atomic E-state index is -0.0147. The number of pyridine rings is 1. The fourth-order valence-electron chi connectivity index (χ4n) is 2.66. The van der Waals surface area contributed by atoms with E-state index in [4.69, 9.17) is 4.74 Å². The van der Waals surface area contributed by atoms with Crippen molar-refractivity contribution >= 4 is 5.82 Å². The van der Waals surface area contributed by atoms with Crippen LogP contribution in [0.25, 0.3) is 0 Å². The molecule has 1 aliphatic rings. The Balaban J connectivity index is 1.77. The third-order valence-corrected chi connectivity index (χ3v) is 3.52. The van der Waals surface area contributed by atoms with Gasteiger partial charge >= 0.3 is 0 Å². The summed E-state index contributed by atoms with van der Waals surface area (Å²) in [6.45, 7) is 6.34. The number of hydrogen-bond acceptors (Lipinski definition) is 3. The van der Waals surface area contributed by atoms with E-state index in [9.17, 15) is 0 Å². The number of nitrogens with one attached hydrogen (secondary N) is 1. The molecule has 1 aliphatic carbocycles. The lowest BCUT2D eigenvalue weighted by molar-refractivity contribution is 0.462. The van der Waals surface area contributed by atoms with Gasteiger partial charge in [0.2, 0.25) is 5.88 Å². The standard InChI is InChI=1S/C18H22N2O/c1-18(2,3)20-16-8-5-9-17(19-16)21-15-11-10-13-6-4-7-14(13)12-15/h5,8-12H,4,6-7H2,1-3H3,(H,19,20). The minimum absolute atomic E-state index is 0.0147. The van der Waals surface area contributed by atoms with E-state index in [-0.39, 0.29) is 5.54 Å². The Kier molecular flexibility index (Phi) is 3.58. The molecule has 0 spiro atoms. The number of aryl methyl sites for hydroxylation is 2. The predicted molar refractivity (Wildman–Crippen MR) is 86.2 cm³/mol. The Bertz CT molecular complexity index is 644. The topological polar surface area (TPSA) is 34.1 Å². The maximum atomic E-state index is 5.91. The van der Waals surface area contributed by atoms with E-state index >= 15 is 0 Å². The van der Waals surface area contributed by atoms with Crippen molar-refractivity contribution in [3.05, 3.63) is 47.5 Å². The highest BCUT2D eigenvalue weighted by Gasteiger charge is 2.13. The molecule has 3 nitrogen and oxygen atoms in total. The summed E-state index contributed by atoms with van der Waals surface area (Å²) in [4.78, 5) is 4.51. The van der Waals surface area contributed by atoms with Gasteiger partial charge in [0.05, 0.1) is 0 Å². The van der Waals surface area contributed by atoms with Crippen LogP contribution in [-0.2, 0) is 12.8 Å². The second-order valence-electron chi connectivity index (χ2n) is 6.62. The summed E-state index contributed by atoms with van der Waals surface area (Å²) in [5.41, 5.74) is 2.86. The van der Waals surface area contributed by atoms with Gasteiger partial charge in [-0.15, -0.1) is 0 Å². The Morgan fingerprint density at radius 2 is 1.86 bits per heavy atom. The molecule has 1 N–H and O–H groups in total. The van der Waals surface area contributed by atoms with Gasteiger partial charge in [-0.2, -0.15) is 4.98 Å². The molecule has 0 aliphatic heterocycles. The van der Waals surface area contributed by atoms with E-state index in [2.05, 4.69) is 43.2 Å². The fourth-order valence-corrected chi connectivity index (χ4v) is 2.66. The molecule has 0 saturated carbocycles. The summed E-state index contributed by atoms with van der Waals surface area (Å²) < 4.78 is 5.91. The van der Waals surface area contributed by atoms with E-state index in [0.29, 0.717) is 5.88 Å². The molecule has 21 heavy (non-hydrogen) atoms. The molecular formula is C18H22N2O. The monoisotopic (exact) mass is 282 g/mol. The molecule has 0 unspecified atom stereocenters. The van der Waals surface area contributed by atoms with Crippen molar-refractivity contribution in [2.75, 3.05) is 5.32 Å². The first kappa shape index (κ1) is 13.9. The van der Waals surface area contributed by atoms with Gasteiger partial charge in [0.1, 0.15) is 11.6 Å². The highest BCUT2D eigenvalue weighted by atomic mass is 16.5. The number of ether oxygens (including phenoxy) is 1. The Labute approximate surface area is 126 Å². The summed E-state index contributed by atoms with van der Waals surface area (Å²) in [6.07, 6.45) is 3.60. The van der Waals surface area contributed by atoms with Gasteiger partial charge < -0.3 is 10.1 Å². The van der Waals surface area contributed by atoms with Gasteiger partial charge in [-0.25, -0.2) is 0 Å². The van der Waals surface area contributed by atoms with E-state index in [0.717, 1.165) is 18.0 Å². The number of fused-ring (bicyclic) bond motifs is 1. The number of anilines is 1. The number of nitrogens with zero attached hydrogens (tertiary/aromatic N) is 1. The molecule has 3 rings (SSSR count). The van der Waals surface area contributed by atoms with E-state index in [1.54, 1.807) is 0 Å². The molecule has 0 atom stereocenters. The molecule has 1 aromatic carbocycles. The van der Waals surface area contributed by atoms with Gasteiger partial charge in [0, 0.05) is 11.6 Å². The molecular weight excluding hydrogens is 260 g/mol. The molecule has 0 saturated heterocycles. The summed E-state index contributed by atoms with van der Waals surface area (Å²) in [6, 6.07) is 12.2. The fraction of sp³-hybridized carbons (Fsp3) is 0.389. The molecule has 0 fully saturated rings. The summed E-state index contributed by atoms with van der Waals surface area (Å²) >= 11 is 0. The molecule has 2 aromatic rings. The van der Waals surface area contributed by atoms with Crippen LogP contribution in [0.5, 0.6) is 11.6 Å². The largest absolute Gasteiger partial charge is 0.439 e. The second kappa shape index (κ2) is 5.40. The normalized spacial score (nSPS) is 13.9. The van der Waals surface area contributed by atoms with Crippen molar-refractivity contribution < 1.29 is 4.74 Å². The molecule has 0 amide bonds. The maximum Gasteiger partial charge on any atom is 0.221 e. The summed E-state index contributed by atoms with van der Waals surface area (Å²) in [5.74, 6) is 2.33. The van der Waals surface area contributed by atoms with Crippen LogP contribution in [0.2, 0.25) is 0 Å². The lowest BCUT2D eigenvalue weighted by atomic mass is 10.1. The lowest BCUT2D eigenvalue weighted by Crippen LogP contribution is -2.26. The highest BCUT2D eigenvalue weighted by molar-refractivity contribution is 5.42. The molecule has 0 bridgehead atoms. The van der Waals surface area contributed by atoms with Crippen molar-refractivity contribution in [2.24, 2.45) is 0 Å². The molecule has 0 radical (unpaired) electrons. The van der Waals surface area contributed by atoms with Crippen LogP contribution in [0, 0.1) is 0 Å². The van der Waals surface area contributed by atoms with Crippen LogP contribution in [0.1, 0.15) is 38.3 Å². The van der Waals surface area contributed by atoms with Crippen molar-refractivity contribution in [2.45, 2.75) is 45.6 Å². The first-order chi connectivity index (χ1) is 9.99. The van der Waals surface area contributed by atoms with Gasteiger partial charge in [0.15, 0.2) is 0 Å². The zero-order chi connectivity index (χ0) is 14.9. The SMILES string of the molecule is CC(C)(C)Nc1cccc(Oc2ccc3c(c2)CCC3)n1. The summed E-state index contributed by atoms with van der Waals surface area (Å²) in [7, 11) is 0. The maximum absolute atomic E-state index is 5.91. The van der Waals surface area contributed by atoms with E-state index in [1.807, 2.05) is 24.3 Å². The van der Waals surface area contributed by atoms with Gasteiger partial charge in [0.25, 0.3) is 0 Å². The van der Waals surface area contributed by atoms with Crippen molar-refractivity contribution in [1.29, 1.82) is 0 Å². The van der Waals surface area contributed by atoms with Gasteiger partial charge in [-0.3, -0.25) is 0 Å². The first-order valence-corrected chi connectivity index (χ1v) is 7.54. The van der Waals surface area contributed by atoms with Crippen LogP contribution in [0.4, 0.5) is 5.82 Å². The van der Waals surface area contributed by atoms with Crippen LogP contribution in [-0.4, -0.2) is 10.5 Å². The highest BCUT2D eigenvalue weighted by Crippen LogP contribution is 2.28. The number of benzene rings is 1. The zero-order valence-corrected chi connectivity index (χ0v) is 12.9. The Morgan fingerprint density at radius 1 is 1.05 bits per heavy atom. The number of aromatic nitrogens is 1. The molecule has 110 valence electrons. The van der Waals surface area contributed by atoms with Crippen LogP contribution >= 0.6 is 0 Å². The number of hydrogen-bond donors (Lipinski definition) is 1. The van der Waals surface area contributed by atoms with Crippen molar-refractivity contribution in [3.8, 4) is 11.6 Å². The Hall–Kier alpha value is -2.03. The first-order valence-electron chi connectivity index (χ1n) is 7.54. The van der Waals surface area contributed by atoms with Crippen LogP contribution in [0.15, 0.2) is 36.4 Å². The summed E-state index contributed by atoms with van der Waals surface area (Å²) in [5, 5.41) is 3.36. The van der Waals surface area contributed by atoms with Crippen LogP contribution in [0.3, 0.4) is 0 Å². The minimum Gasteiger partial charge on any atom is -0.439 e. The average Bonchev–Trinajstić information content (AvgIpc) is 2.84. The molecule has 1 aromatic heterocycles. The molecule has 1 heterocycles. The lowest BCUT2D eigenvalue weighted by Gasteiger charge is -2.21. The van der Waals surface area contributed by atoms with E-state index in [1.165, 1.54) is 24.0 Å². The van der Waals surface area contributed by atoms with Gasteiger partial charge in [-0.1, -0.05) is 12.1 Å². The van der Waals surface area contributed by atoms with Gasteiger partial charge in [-0.05, 0) is 69.4 Å². The van der Waals surface area contributed by atoms with Crippen molar-refractivity contribution in [3.63, 3.8) is 0 Å². The molecule has 3 heteroatoms. The zero-order valence-electron chi connectivity index (χ0n) is 12.9. The third kappa shape index (κ3) is 3.54. The quantitative estimate of drug-likeness (QED) is 0.895. The third-order valence-electron chi connectivity index (χ3n) is 3.52. The van der Waals surface area contributed by atoms with Crippen LogP contribution < -0.4 is 10.1 Å². The predicted octanol–water partition coefficient (Wildman–Crippen LogP) is 4.57. The van der Waals surface area contributed by atoms with E-state index < -0.39 is 0 Å². The Morgan fingerprint density at radius 3 is 2.67 bits per heavy atom. The average molecular weight is 282 g/mol.